The van der Waals surface area contributed by atoms with Crippen LogP contribution in [0.3, 0.4) is 0 Å². The Morgan fingerprint density at radius 1 is 0.944 bits per heavy atom. The normalized spacial score (nSPS) is 11.6. The minimum absolute atomic E-state index is 0.0985. The van der Waals surface area contributed by atoms with E-state index in [1.54, 1.807) is 30.5 Å². The maximum absolute atomic E-state index is 13.7. The van der Waals surface area contributed by atoms with E-state index in [9.17, 15) is 18.8 Å². The molecule has 2 N–H and O–H groups in total. The van der Waals surface area contributed by atoms with Gasteiger partial charge in [0, 0.05) is 30.8 Å². The maximum atomic E-state index is 13.7. The zero-order valence-electron chi connectivity index (χ0n) is 20.9. The quantitative estimate of drug-likeness (QED) is 0.448. The lowest BCUT2D eigenvalue weighted by Crippen LogP contribution is -2.46. The maximum Gasteiger partial charge on any atom is 0.248 e. The summed E-state index contributed by atoms with van der Waals surface area (Å²) in [5, 5.41) is 5.54. The van der Waals surface area contributed by atoms with Gasteiger partial charge >= 0.3 is 0 Å². The van der Waals surface area contributed by atoms with Gasteiger partial charge in [0.15, 0.2) is 0 Å². The summed E-state index contributed by atoms with van der Waals surface area (Å²) in [5.41, 5.74) is 2.95. The summed E-state index contributed by atoms with van der Waals surface area (Å²) >= 11 is 0. The molecule has 188 valence electrons. The number of rotatable bonds is 9. The molecule has 1 heterocycles. The number of halogens is 1. The number of hydrogen-bond donors (Lipinski definition) is 2. The molecule has 0 spiro atoms. The largest absolute Gasteiger partial charge is 0.352 e. The van der Waals surface area contributed by atoms with Crippen molar-refractivity contribution in [2.24, 2.45) is 0 Å². The zero-order valence-corrected chi connectivity index (χ0v) is 20.9. The highest BCUT2D eigenvalue weighted by molar-refractivity contribution is 6.03. The van der Waals surface area contributed by atoms with Gasteiger partial charge in [-0.25, -0.2) is 9.37 Å². The monoisotopic (exact) mass is 490 g/mol. The molecule has 0 radical (unpaired) electrons. The third-order valence-corrected chi connectivity index (χ3v) is 5.66. The second kappa shape index (κ2) is 12.1. The Labute approximate surface area is 210 Å². The van der Waals surface area contributed by atoms with Crippen molar-refractivity contribution in [1.29, 1.82) is 0 Å². The number of anilines is 2. The van der Waals surface area contributed by atoms with Crippen LogP contribution in [0, 0.1) is 19.7 Å². The first-order chi connectivity index (χ1) is 17.2. The Morgan fingerprint density at radius 2 is 1.67 bits per heavy atom. The summed E-state index contributed by atoms with van der Waals surface area (Å²) in [6.45, 7) is 7.52. The predicted octanol–water partition coefficient (Wildman–Crippen LogP) is 4.86. The van der Waals surface area contributed by atoms with Crippen LogP contribution in [-0.2, 0) is 14.4 Å². The van der Waals surface area contributed by atoms with E-state index in [4.69, 9.17) is 0 Å². The van der Waals surface area contributed by atoms with Gasteiger partial charge in [0.05, 0.1) is 0 Å². The molecular formula is C28H31FN4O3. The molecule has 1 atom stereocenters. The molecule has 3 rings (SSSR count). The minimum Gasteiger partial charge on any atom is -0.352 e. The van der Waals surface area contributed by atoms with E-state index in [2.05, 4.69) is 15.6 Å². The van der Waals surface area contributed by atoms with Crippen molar-refractivity contribution in [3.05, 3.63) is 89.4 Å². The Bertz CT molecular complexity index is 1210. The highest BCUT2D eigenvalue weighted by Gasteiger charge is 2.33. The summed E-state index contributed by atoms with van der Waals surface area (Å²) in [6, 6.07) is 14.9. The van der Waals surface area contributed by atoms with E-state index >= 15 is 0 Å². The van der Waals surface area contributed by atoms with Crippen LogP contribution in [0.5, 0.6) is 0 Å². The number of hydrogen-bond acceptors (Lipinski definition) is 4. The van der Waals surface area contributed by atoms with E-state index in [1.165, 1.54) is 29.2 Å². The highest BCUT2D eigenvalue weighted by Crippen LogP contribution is 2.31. The number of carbonyl (C=O) groups is 3. The Kier molecular flexibility index (Phi) is 8.89. The lowest BCUT2D eigenvalue weighted by Gasteiger charge is -2.32. The fraction of sp³-hybridized carbons (Fsp3) is 0.286. The number of pyridine rings is 1. The van der Waals surface area contributed by atoms with Crippen molar-refractivity contribution in [1.82, 2.24) is 10.3 Å². The molecule has 0 saturated heterocycles. The fourth-order valence-electron chi connectivity index (χ4n) is 3.72. The Hall–Kier alpha value is -4.07. The molecular weight excluding hydrogens is 459 g/mol. The highest BCUT2D eigenvalue weighted by atomic mass is 19.1. The van der Waals surface area contributed by atoms with Gasteiger partial charge in [-0.2, -0.15) is 0 Å². The van der Waals surface area contributed by atoms with Crippen LogP contribution < -0.4 is 15.5 Å². The molecule has 0 unspecified atom stereocenters. The number of nitrogens with zero attached hydrogens (tertiary/aromatic N) is 2. The average Bonchev–Trinajstić information content (AvgIpc) is 2.84. The third-order valence-electron chi connectivity index (χ3n) is 5.66. The van der Waals surface area contributed by atoms with Crippen molar-refractivity contribution in [2.45, 2.75) is 52.6 Å². The first-order valence-corrected chi connectivity index (χ1v) is 11.8. The van der Waals surface area contributed by atoms with Crippen LogP contribution >= 0.6 is 0 Å². The van der Waals surface area contributed by atoms with Gasteiger partial charge < -0.3 is 10.6 Å². The second-order valence-corrected chi connectivity index (χ2v) is 8.91. The lowest BCUT2D eigenvalue weighted by atomic mass is 10.0. The molecule has 1 aromatic heterocycles. The first-order valence-electron chi connectivity index (χ1n) is 11.8. The summed E-state index contributed by atoms with van der Waals surface area (Å²) in [5.74, 6) is -1.24. The van der Waals surface area contributed by atoms with Gasteiger partial charge in [0.2, 0.25) is 17.7 Å². The fourth-order valence-corrected chi connectivity index (χ4v) is 3.72. The SMILES string of the molecule is Cc1ccc(N(C(=O)CCC(=O)Nc2ccccn2)[C@@H](C(=O)NC(C)C)c2ccc(F)cc2)cc1C. The molecule has 0 aliphatic carbocycles. The van der Waals surface area contributed by atoms with Crippen LogP contribution in [0.1, 0.15) is 49.4 Å². The molecule has 0 bridgehead atoms. The topological polar surface area (TPSA) is 91.4 Å². The minimum atomic E-state index is -1.05. The van der Waals surface area contributed by atoms with Crippen LogP contribution in [-0.4, -0.2) is 28.7 Å². The third kappa shape index (κ3) is 6.97. The summed E-state index contributed by atoms with van der Waals surface area (Å²) < 4.78 is 13.7. The van der Waals surface area contributed by atoms with Gasteiger partial charge in [-0.05, 0) is 80.8 Å². The molecule has 8 heteroatoms. The zero-order chi connectivity index (χ0) is 26.2. The molecule has 0 aliphatic heterocycles. The number of benzene rings is 2. The second-order valence-electron chi connectivity index (χ2n) is 8.91. The van der Waals surface area contributed by atoms with Crippen LogP contribution in [0.25, 0.3) is 0 Å². The van der Waals surface area contributed by atoms with E-state index in [0.717, 1.165) is 11.1 Å². The van der Waals surface area contributed by atoms with Gasteiger partial charge in [-0.15, -0.1) is 0 Å². The first kappa shape index (κ1) is 26.5. The number of amides is 3. The predicted molar refractivity (Wildman–Crippen MR) is 138 cm³/mol. The van der Waals surface area contributed by atoms with Crippen molar-refractivity contribution >= 4 is 29.2 Å². The molecule has 0 saturated carbocycles. The van der Waals surface area contributed by atoms with E-state index in [1.807, 2.05) is 39.8 Å². The van der Waals surface area contributed by atoms with Crippen LogP contribution in [0.4, 0.5) is 15.9 Å². The smallest absolute Gasteiger partial charge is 0.248 e. The summed E-state index contributed by atoms with van der Waals surface area (Å²) in [6.07, 6.45) is 1.32. The molecule has 3 amide bonds. The Morgan fingerprint density at radius 3 is 2.28 bits per heavy atom. The molecule has 0 fully saturated rings. The summed E-state index contributed by atoms with van der Waals surface area (Å²) in [7, 11) is 0. The van der Waals surface area contributed by atoms with Crippen molar-refractivity contribution in [2.75, 3.05) is 10.2 Å². The van der Waals surface area contributed by atoms with Crippen LogP contribution in [0.2, 0.25) is 0 Å². The lowest BCUT2D eigenvalue weighted by molar-refractivity contribution is -0.127. The van der Waals surface area contributed by atoms with E-state index in [-0.39, 0.29) is 24.8 Å². The molecule has 3 aromatic rings. The van der Waals surface area contributed by atoms with Gasteiger partial charge in [0.1, 0.15) is 17.7 Å². The number of aromatic nitrogens is 1. The van der Waals surface area contributed by atoms with Crippen LogP contribution in [0.15, 0.2) is 66.9 Å². The standard InChI is InChI=1S/C28H31FN4O3/c1-18(2)31-28(36)27(21-9-11-22(29)12-10-21)33(23-13-8-19(3)20(4)17-23)26(35)15-14-25(34)32-24-7-5-6-16-30-24/h5-13,16-18,27H,14-15H2,1-4H3,(H,31,36)(H,30,32,34)/t27-/m1/s1. The van der Waals surface area contributed by atoms with Crippen molar-refractivity contribution in [3.8, 4) is 0 Å². The number of carbonyl (C=O) groups excluding carboxylic acids is 3. The number of nitrogens with one attached hydrogen (secondary N) is 2. The summed E-state index contributed by atoms with van der Waals surface area (Å²) in [4.78, 5) is 45.0. The van der Waals surface area contributed by atoms with E-state index in [0.29, 0.717) is 17.1 Å². The van der Waals surface area contributed by atoms with Gasteiger partial charge in [-0.3, -0.25) is 19.3 Å². The van der Waals surface area contributed by atoms with E-state index < -0.39 is 23.7 Å². The molecule has 7 nitrogen and oxygen atoms in total. The van der Waals surface area contributed by atoms with Crippen molar-refractivity contribution in [3.63, 3.8) is 0 Å². The van der Waals surface area contributed by atoms with Gasteiger partial charge in [-0.1, -0.05) is 24.3 Å². The van der Waals surface area contributed by atoms with Crippen molar-refractivity contribution < 1.29 is 18.8 Å². The molecule has 2 aromatic carbocycles. The number of aryl methyl sites for hydroxylation is 2. The average molecular weight is 491 g/mol. The Balaban J connectivity index is 1.96. The van der Waals surface area contributed by atoms with Gasteiger partial charge in [0.25, 0.3) is 0 Å². The molecule has 36 heavy (non-hydrogen) atoms. The molecule has 0 aliphatic rings.